The van der Waals surface area contributed by atoms with Crippen molar-refractivity contribution in [1.29, 1.82) is 0 Å². The number of aliphatic carboxylic acids is 1. The highest BCUT2D eigenvalue weighted by atomic mass is 16.5. The van der Waals surface area contributed by atoms with Crippen molar-refractivity contribution < 1.29 is 34.4 Å². The summed E-state index contributed by atoms with van der Waals surface area (Å²) in [5, 5.41) is 30.2. The molecule has 0 aromatic rings. The van der Waals surface area contributed by atoms with Crippen LogP contribution in [-0.2, 0) is 19.1 Å². The lowest BCUT2D eigenvalue weighted by atomic mass is 10.0. The van der Waals surface area contributed by atoms with E-state index in [1.165, 1.54) is 0 Å². The van der Waals surface area contributed by atoms with E-state index in [9.17, 15) is 19.5 Å². The molecule has 1 amide bonds. The monoisotopic (exact) mass is 417 g/mol. The molecular weight excluding hydrogens is 378 g/mol. The number of amides is 1. The third kappa shape index (κ3) is 14.9. The predicted octanol–water partition coefficient (Wildman–Crippen LogP) is 2.25. The molecule has 3 unspecified atom stereocenters. The normalized spacial score (nSPS) is 14.5. The van der Waals surface area contributed by atoms with Gasteiger partial charge in [0, 0.05) is 0 Å². The number of unbranched alkanes of at least 4 members (excludes halogenated alkanes) is 1. The zero-order chi connectivity index (χ0) is 22.4. The van der Waals surface area contributed by atoms with Gasteiger partial charge in [-0.2, -0.15) is 0 Å². The Balaban J connectivity index is 4.71. The maximum Gasteiger partial charge on any atom is 0.328 e. The summed E-state index contributed by atoms with van der Waals surface area (Å²) in [6.45, 7) is 7.58. The van der Waals surface area contributed by atoms with Crippen LogP contribution < -0.4 is 5.32 Å². The third-order valence-corrected chi connectivity index (χ3v) is 4.56. The molecule has 8 heteroatoms. The molecule has 0 aliphatic carbocycles. The Hall–Kier alpha value is -1.67. The van der Waals surface area contributed by atoms with Gasteiger partial charge in [0.25, 0.3) is 0 Å². The average molecular weight is 418 g/mol. The van der Waals surface area contributed by atoms with E-state index in [0.717, 1.165) is 25.7 Å². The summed E-state index contributed by atoms with van der Waals surface area (Å²) in [6, 6.07) is -1.39. The molecule has 0 aliphatic rings. The van der Waals surface area contributed by atoms with Crippen molar-refractivity contribution in [3.63, 3.8) is 0 Å². The lowest BCUT2D eigenvalue weighted by molar-refractivity contribution is -0.154. The molecule has 0 rings (SSSR count). The smallest absolute Gasteiger partial charge is 0.328 e. The second kappa shape index (κ2) is 15.2. The topological polar surface area (TPSA) is 133 Å². The number of hydrogen-bond donors (Lipinski definition) is 4. The van der Waals surface area contributed by atoms with Gasteiger partial charge in [-0.1, -0.05) is 40.5 Å². The van der Waals surface area contributed by atoms with E-state index < -0.39 is 42.7 Å². The highest BCUT2D eigenvalue weighted by molar-refractivity contribution is 5.84. The van der Waals surface area contributed by atoms with E-state index in [1.54, 1.807) is 0 Å². The Morgan fingerprint density at radius 3 is 2.00 bits per heavy atom. The largest absolute Gasteiger partial charge is 0.480 e. The van der Waals surface area contributed by atoms with Crippen molar-refractivity contribution in [1.82, 2.24) is 5.32 Å². The molecule has 0 aliphatic heterocycles. The first-order valence-electron chi connectivity index (χ1n) is 10.6. The van der Waals surface area contributed by atoms with Crippen molar-refractivity contribution in [2.75, 3.05) is 6.61 Å². The Morgan fingerprint density at radius 2 is 1.48 bits per heavy atom. The number of esters is 1. The predicted molar refractivity (Wildman–Crippen MR) is 109 cm³/mol. The van der Waals surface area contributed by atoms with Crippen LogP contribution in [0.2, 0.25) is 0 Å². The Kier molecular flexibility index (Phi) is 14.3. The minimum Gasteiger partial charge on any atom is -0.480 e. The molecule has 0 heterocycles. The van der Waals surface area contributed by atoms with Gasteiger partial charge in [-0.25, -0.2) is 4.79 Å². The molecule has 0 bridgehead atoms. The van der Waals surface area contributed by atoms with Gasteiger partial charge in [-0.05, 0) is 37.5 Å². The Bertz CT molecular complexity index is 493. The Morgan fingerprint density at radius 1 is 0.897 bits per heavy atom. The van der Waals surface area contributed by atoms with E-state index in [1.807, 2.05) is 13.8 Å². The highest BCUT2D eigenvalue weighted by Crippen LogP contribution is 2.16. The van der Waals surface area contributed by atoms with E-state index in [4.69, 9.17) is 14.9 Å². The molecule has 0 spiro atoms. The number of rotatable bonds is 16. The molecule has 29 heavy (non-hydrogen) atoms. The number of nitrogens with one attached hydrogen (secondary N) is 1. The van der Waals surface area contributed by atoms with Gasteiger partial charge >= 0.3 is 11.9 Å². The maximum atomic E-state index is 12.2. The van der Waals surface area contributed by atoms with E-state index >= 15 is 0 Å². The van der Waals surface area contributed by atoms with E-state index in [2.05, 4.69) is 19.2 Å². The molecule has 0 saturated heterocycles. The second-order valence-electron chi connectivity index (χ2n) is 8.46. The molecule has 0 aromatic carbocycles. The van der Waals surface area contributed by atoms with Crippen LogP contribution in [0.3, 0.4) is 0 Å². The van der Waals surface area contributed by atoms with Crippen LogP contribution in [0.5, 0.6) is 0 Å². The zero-order valence-corrected chi connectivity index (χ0v) is 18.2. The summed E-state index contributed by atoms with van der Waals surface area (Å²) in [6.07, 6.45) is 2.70. The molecule has 0 fully saturated rings. The minimum atomic E-state index is -1.39. The van der Waals surface area contributed by atoms with Crippen molar-refractivity contribution in [3.05, 3.63) is 0 Å². The van der Waals surface area contributed by atoms with Crippen LogP contribution in [0, 0.1) is 11.8 Å². The zero-order valence-electron chi connectivity index (χ0n) is 18.2. The molecule has 3 atom stereocenters. The highest BCUT2D eigenvalue weighted by Gasteiger charge is 2.24. The van der Waals surface area contributed by atoms with Crippen LogP contribution in [0.1, 0.15) is 79.1 Å². The van der Waals surface area contributed by atoms with Gasteiger partial charge in [0.15, 0.2) is 0 Å². The average Bonchev–Trinajstić information content (AvgIpc) is 2.60. The minimum absolute atomic E-state index is 0.134. The molecule has 8 nitrogen and oxygen atoms in total. The summed E-state index contributed by atoms with van der Waals surface area (Å²) in [4.78, 5) is 35.2. The number of ether oxygens (including phenoxy) is 1. The third-order valence-electron chi connectivity index (χ3n) is 4.56. The number of carbonyl (C=O) groups is 3. The number of carboxylic acid groups (broad SMARTS) is 1. The fourth-order valence-corrected chi connectivity index (χ4v) is 2.83. The van der Waals surface area contributed by atoms with E-state index in [0.29, 0.717) is 24.7 Å². The van der Waals surface area contributed by atoms with Crippen LogP contribution in [0.15, 0.2) is 0 Å². The molecule has 4 N–H and O–H groups in total. The van der Waals surface area contributed by atoms with Crippen molar-refractivity contribution in [3.8, 4) is 0 Å². The first-order valence-corrected chi connectivity index (χ1v) is 10.6. The molecule has 0 aromatic heterocycles. The fraction of sp³-hybridized carbons (Fsp3) is 0.857. The fourth-order valence-electron chi connectivity index (χ4n) is 2.83. The summed E-state index contributed by atoms with van der Waals surface area (Å²) in [7, 11) is 0. The molecule has 170 valence electrons. The lowest BCUT2D eigenvalue weighted by Gasteiger charge is -2.20. The maximum absolute atomic E-state index is 12.2. The quantitative estimate of drug-likeness (QED) is 0.224. The number of carbonyl (C=O) groups excluding carboxylic acids is 2. The second-order valence-corrected chi connectivity index (χ2v) is 8.46. The van der Waals surface area contributed by atoms with Crippen LogP contribution >= 0.6 is 0 Å². The number of carboxylic acids is 1. The molecule has 0 saturated carbocycles. The summed E-state index contributed by atoms with van der Waals surface area (Å²) in [5.41, 5.74) is 0. The standard InChI is InChI=1S/C21H39NO7/c1-14(2)7-5-6-8-17(12-19(25)22-18(13-23)21(27)28)29-20(26)11-16(24)10-9-15(3)4/h14-18,23-24H,5-13H2,1-4H3,(H,22,25)(H,27,28). The number of aliphatic hydroxyl groups excluding tert-OH is 2. The van der Waals surface area contributed by atoms with Crippen LogP contribution in [-0.4, -0.2) is 58.0 Å². The molecule has 0 radical (unpaired) electrons. The van der Waals surface area contributed by atoms with Crippen molar-refractivity contribution in [2.24, 2.45) is 11.8 Å². The van der Waals surface area contributed by atoms with Gasteiger partial charge in [-0.3, -0.25) is 9.59 Å². The van der Waals surface area contributed by atoms with Crippen molar-refractivity contribution in [2.45, 2.75) is 97.3 Å². The Labute approximate surface area is 174 Å². The summed E-state index contributed by atoms with van der Waals surface area (Å²) >= 11 is 0. The van der Waals surface area contributed by atoms with Crippen LogP contribution in [0.25, 0.3) is 0 Å². The first-order chi connectivity index (χ1) is 13.5. The van der Waals surface area contributed by atoms with Gasteiger partial charge in [0.1, 0.15) is 12.1 Å². The van der Waals surface area contributed by atoms with Crippen LogP contribution in [0.4, 0.5) is 0 Å². The van der Waals surface area contributed by atoms with Gasteiger partial charge < -0.3 is 25.4 Å². The number of hydrogen-bond acceptors (Lipinski definition) is 6. The lowest BCUT2D eigenvalue weighted by Crippen LogP contribution is -2.44. The SMILES string of the molecule is CC(C)CCCCC(CC(=O)NC(CO)C(=O)O)OC(=O)CC(O)CCC(C)C. The van der Waals surface area contributed by atoms with Crippen molar-refractivity contribution >= 4 is 17.8 Å². The van der Waals surface area contributed by atoms with E-state index in [-0.39, 0.29) is 12.8 Å². The summed E-state index contributed by atoms with van der Waals surface area (Å²) < 4.78 is 5.41. The number of aliphatic hydroxyl groups is 2. The van der Waals surface area contributed by atoms with Gasteiger partial charge in [0.05, 0.1) is 25.6 Å². The van der Waals surface area contributed by atoms with Gasteiger partial charge in [-0.15, -0.1) is 0 Å². The summed E-state index contributed by atoms with van der Waals surface area (Å²) in [5.74, 6) is -1.53. The molecular formula is C21H39NO7. The first kappa shape index (κ1) is 27.3. The van der Waals surface area contributed by atoms with Gasteiger partial charge in [0.2, 0.25) is 5.91 Å².